The number of rotatable bonds is 9. The van der Waals surface area contributed by atoms with E-state index in [9.17, 15) is 9.59 Å². The lowest BCUT2D eigenvalue weighted by atomic mass is 9.93. The first-order valence-corrected chi connectivity index (χ1v) is 14.9. The zero-order valence-electron chi connectivity index (χ0n) is 23.7. The lowest BCUT2D eigenvalue weighted by Gasteiger charge is -2.35. The predicted molar refractivity (Wildman–Crippen MR) is 161 cm³/mol. The molecule has 0 N–H and O–H groups in total. The molecule has 2 amide bonds. The molecule has 2 fully saturated rings. The highest BCUT2D eigenvalue weighted by Gasteiger charge is 2.37. The lowest BCUT2D eigenvalue weighted by molar-refractivity contribution is -0.135. The summed E-state index contributed by atoms with van der Waals surface area (Å²) in [6.07, 6.45) is 5.98. The third-order valence-electron chi connectivity index (χ3n) is 8.46. The number of amides is 2. The molecule has 1 aliphatic carbocycles. The van der Waals surface area contributed by atoms with Gasteiger partial charge in [0.05, 0.1) is 23.3 Å². The van der Waals surface area contributed by atoms with Gasteiger partial charge in [-0.05, 0) is 49.6 Å². The van der Waals surface area contributed by atoms with E-state index in [1.54, 1.807) is 0 Å². The second-order valence-corrected chi connectivity index (χ2v) is 11.2. The van der Waals surface area contributed by atoms with Crippen molar-refractivity contribution in [3.05, 3.63) is 90.3 Å². The van der Waals surface area contributed by atoms with Gasteiger partial charge in [-0.3, -0.25) is 9.59 Å². The molecule has 212 valence electrons. The summed E-state index contributed by atoms with van der Waals surface area (Å²) in [7, 11) is 0. The summed E-state index contributed by atoms with van der Waals surface area (Å²) in [5.74, 6) is 1.52. The van der Waals surface area contributed by atoms with Crippen LogP contribution >= 0.6 is 0 Å². The van der Waals surface area contributed by atoms with Crippen LogP contribution in [0.2, 0.25) is 0 Å². The smallest absolute Gasteiger partial charge is 0.243 e. The van der Waals surface area contributed by atoms with Gasteiger partial charge in [0.15, 0.2) is 0 Å². The summed E-state index contributed by atoms with van der Waals surface area (Å²) >= 11 is 0. The van der Waals surface area contributed by atoms with E-state index in [-0.39, 0.29) is 30.3 Å². The second-order valence-electron chi connectivity index (χ2n) is 11.2. The molecule has 2 aliphatic rings. The van der Waals surface area contributed by atoms with Crippen molar-refractivity contribution in [3.8, 4) is 5.75 Å². The Morgan fingerprint density at radius 3 is 2.49 bits per heavy atom. The number of hydrogen-bond acceptors (Lipinski definition) is 4. The molecule has 4 aromatic rings. The van der Waals surface area contributed by atoms with Gasteiger partial charge in [-0.25, -0.2) is 4.98 Å². The largest absolute Gasteiger partial charge is 0.492 e. The van der Waals surface area contributed by atoms with Gasteiger partial charge >= 0.3 is 0 Å². The first-order chi connectivity index (χ1) is 20.1. The molecule has 0 bridgehead atoms. The van der Waals surface area contributed by atoms with Crippen LogP contribution in [0, 0.1) is 0 Å². The van der Waals surface area contributed by atoms with Gasteiger partial charge in [-0.2, -0.15) is 0 Å². The number of aromatic nitrogens is 2. The molecule has 3 aromatic carbocycles. The Morgan fingerprint density at radius 1 is 0.951 bits per heavy atom. The number of imidazole rings is 1. The summed E-state index contributed by atoms with van der Waals surface area (Å²) in [5, 5.41) is 0. The molecular formula is C34H38N4O3. The van der Waals surface area contributed by atoms with E-state index in [0.29, 0.717) is 31.9 Å². The Balaban J connectivity index is 1.31. The van der Waals surface area contributed by atoms with Crippen LogP contribution in [0.3, 0.4) is 0 Å². The molecule has 0 radical (unpaired) electrons. The topological polar surface area (TPSA) is 67.7 Å². The van der Waals surface area contributed by atoms with E-state index < -0.39 is 0 Å². The number of para-hydroxylation sites is 4. The fraction of sp³-hybridized carbons (Fsp3) is 0.382. The van der Waals surface area contributed by atoms with E-state index >= 15 is 0 Å². The van der Waals surface area contributed by atoms with Crippen molar-refractivity contribution in [1.82, 2.24) is 14.5 Å². The van der Waals surface area contributed by atoms with Crippen LogP contribution in [0.1, 0.15) is 62.8 Å². The molecular weight excluding hydrogens is 512 g/mol. The zero-order chi connectivity index (χ0) is 28.2. The highest BCUT2D eigenvalue weighted by molar-refractivity contribution is 5.98. The number of carbonyl (C=O) groups excluding carboxylic acids is 2. The van der Waals surface area contributed by atoms with Crippen molar-refractivity contribution in [3.63, 3.8) is 0 Å². The number of fused-ring (bicyclic) bond motifs is 1. The van der Waals surface area contributed by atoms with E-state index in [1.807, 2.05) is 78.6 Å². The molecule has 1 aromatic heterocycles. The first-order valence-electron chi connectivity index (χ1n) is 14.9. The number of carbonyl (C=O) groups is 2. The Labute approximate surface area is 241 Å². The normalized spacial score (nSPS) is 17.7. The molecule has 6 rings (SSSR count). The van der Waals surface area contributed by atoms with Gasteiger partial charge < -0.3 is 19.1 Å². The average molecular weight is 551 g/mol. The maximum absolute atomic E-state index is 14.2. The van der Waals surface area contributed by atoms with Crippen LogP contribution in [-0.4, -0.2) is 45.5 Å². The summed E-state index contributed by atoms with van der Waals surface area (Å²) < 4.78 is 7.89. The summed E-state index contributed by atoms with van der Waals surface area (Å²) in [6, 6.07) is 26.2. The Kier molecular flexibility index (Phi) is 8.03. The van der Waals surface area contributed by atoms with Gasteiger partial charge in [0.1, 0.15) is 18.1 Å². The number of benzene rings is 3. The number of nitrogens with zero attached hydrogens (tertiary/aromatic N) is 4. The maximum Gasteiger partial charge on any atom is 0.243 e. The van der Waals surface area contributed by atoms with Crippen molar-refractivity contribution in [1.29, 1.82) is 0 Å². The van der Waals surface area contributed by atoms with Gasteiger partial charge in [-0.15, -0.1) is 0 Å². The third kappa shape index (κ3) is 5.71. The van der Waals surface area contributed by atoms with Gasteiger partial charge in [0, 0.05) is 31.5 Å². The molecule has 1 atom stereocenters. The van der Waals surface area contributed by atoms with Crippen molar-refractivity contribution < 1.29 is 14.3 Å². The average Bonchev–Trinajstić information content (AvgIpc) is 3.57. The Hall–Kier alpha value is -4.13. The van der Waals surface area contributed by atoms with Gasteiger partial charge in [0.25, 0.3) is 0 Å². The van der Waals surface area contributed by atoms with Crippen molar-refractivity contribution >= 4 is 28.5 Å². The number of ether oxygens (including phenoxy) is 1. The fourth-order valence-corrected chi connectivity index (χ4v) is 6.46. The molecule has 41 heavy (non-hydrogen) atoms. The summed E-state index contributed by atoms with van der Waals surface area (Å²) in [4.78, 5) is 36.4. The highest BCUT2D eigenvalue weighted by Crippen LogP contribution is 2.37. The minimum absolute atomic E-state index is 0.0417. The summed E-state index contributed by atoms with van der Waals surface area (Å²) in [6.45, 7) is 3.78. The van der Waals surface area contributed by atoms with Gasteiger partial charge in [0.2, 0.25) is 11.8 Å². The van der Waals surface area contributed by atoms with Crippen LogP contribution in [0.25, 0.3) is 11.0 Å². The standard InChI is InChI=1S/C34H38N4O3/c1-2-41-31-20-12-11-19-30(31)37-23-26(21-32(37)39)34-35-28-17-9-10-18-29(28)38(34)24-33(40)36(27-15-7-4-8-16-27)22-25-13-5-3-6-14-25/h3,5-6,9-14,17-20,26-27H,2,4,7-8,15-16,21-24H2,1H3. The van der Waals surface area contributed by atoms with Crippen LogP contribution in [0.15, 0.2) is 78.9 Å². The predicted octanol–water partition coefficient (Wildman–Crippen LogP) is 6.32. The monoisotopic (exact) mass is 550 g/mol. The third-order valence-corrected chi connectivity index (χ3v) is 8.46. The van der Waals surface area contributed by atoms with Crippen LogP contribution in [0.4, 0.5) is 5.69 Å². The van der Waals surface area contributed by atoms with E-state index in [2.05, 4.69) is 21.6 Å². The molecule has 7 heteroatoms. The first kappa shape index (κ1) is 27.1. The van der Waals surface area contributed by atoms with E-state index in [1.165, 1.54) is 6.42 Å². The summed E-state index contributed by atoms with van der Waals surface area (Å²) in [5.41, 5.74) is 3.71. The lowest BCUT2D eigenvalue weighted by Crippen LogP contribution is -2.42. The zero-order valence-corrected chi connectivity index (χ0v) is 23.7. The SMILES string of the molecule is CCOc1ccccc1N1CC(c2nc3ccccc3n2CC(=O)N(Cc2ccccc2)C2CCCCC2)CC1=O. The van der Waals surface area contributed by atoms with E-state index in [0.717, 1.165) is 53.8 Å². The van der Waals surface area contributed by atoms with Gasteiger partial charge in [-0.1, -0.05) is 73.9 Å². The van der Waals surface area contributed by atoms with Crippen LogP contribution < -0.4 is 9.64 Å². The Bertz CT molecular complexity index is 1510. The molecule has 7 nitrogen and oxygen atoms in total. The van der Waals surface area contributed by atoms with Crippen molar-refractivity contribution in [2.75, 3.05) is 18.1 Å². The highest BCUT2D eigenvalue weighted by atomic mass is 16.5. The van der Waals surface area contributed by atoms with E-state index in [4.69, 9.17) is 9.72 Å². The molecule has 1 aliphatic heterocycles. The van der Waals surface area contributed by atoms with Crippen molar-refractivity contribution in [2.24, 2.45) is 0 Å². The minimum Gasteiger partial charge on any atom is -0.492 e. The molecule has 0 spiro atoms. The number of anilines is 1. The fourth-order valence-electron chi connectivity index (χ4n) is 6.46. The number of hydrogen-bond donors (Lipinski definition) is 0. The van der Waals surface area contributed by atoms with Crippen LogP contribution in [-0.2, 0) is 22.7 Å². The minimum atomic E-state index is -0.130. The molecule has 1 unspecified atom stereocenters. The quantitative estimate of drug-likeness (QED) is 0.245. The molecule has 1 saturated heterocycles. The maximum atomic E-state index is 14.2. The van der Waals surface area contributed by atoms with Crippen LogP contribution in [0.5, 0.6) is 5.75 Å². The Morgan fingerprint density at radius 2 is 1.68 bits per heavy atom. The second kappa shape index (κ2) is 12.2. The molecule has 2 heterocycles. The van der Waals surface area contributed by atoms with Crippen molar-refractivity contribution in [2.45, 2.75) is 70.5 Å². The molecule has 1 saturated carbocycles.